The number of rotatable bonds is 4. The number of nitrogens with zero attached hydrogens (tertiary/aromatic N) is 4. The molecule has 1 atom stereocenters. The fraction of sp³-hybridized carbons (Fsp3) is 0.750. The van der Waals surface area contributed by atoms with Crippen LogP contribution in [0, 0.1) is 5.92 Å². The molecular formula is C12H20ClN5. The molecule has 1 heterocycles. The Morgan fingerprint density at radius 1 is 1.22 bits per heavy atom. The van der Waals surface area contributed by atoms with Crippen molar-refractivity contribution in [2.24, 2.45) is 5.92 Å². The van der Waals surface area contributed by atoms with Gasteiger partial charge in [0.05, 0.1) is 0 Å². The van der Waals surface area contributed by atoms with Gasteiger partial charge in [0.25, 0.3) is 0 Å². The van der Waals surface area contributed by atoms with Crippen LogP contribution in [0.1, 0.15) is 32.6 Å². The zero-order valence-corrected chi connectivity index (χ0v) is 11.9. The largest absolute Gasteiger partial charge is 0.351 e. The third kappa shape index (κ3) is 3.22. The van der Waals surface area contributed by atoms with Gasteiger partial charge < -0.3 is 10.2 Å². The molecule has 1 saturated carbocycles. The zero-order valence-electron chi connectivity index (χ0n) is 11.1. The minimum atomic E-state index is 0.231. The average Bonchev–Trinajstić information content (AvgIpc) is 2.81. The Hall–Kier alpha value is -1.10. The standard InChI is InChI=1S/C12H20ClN5/c1-8(9-6-4-5-7-9)14-11-15-10(13)16-12(17-11)18(2)3/h8-9H,4-7H2,1-3H3,(H,14,15,16,17). The summed E-state index contributed by atoms with van der Waals surface area (Å²) in [4.78, 5) is 14.4. The summed E-state index contributed by atoms with van der Waals surface area (Å²) in [6.45, 7) is 2.18. The lowest BCUT2D eigenvalue weighted by molar-refractivity contribution is 0.480. The molecule has 1 unspecified atom stereocenters. The molecule has 2 rings (SSSR count). The third-order valence-electron chi connectivity index (χ3n) is 3.46. The van der Waals surface area contributed by atoms with Crippen LogP contribution in [0.25, 0.3) is 0 Å². The van der Waals surface area contributed by atoms with E-state index in [2.05, 4.69) is 27.2 Å². The minimum Gasteiger partial charge on any atom is -0.351 e. The van der Waals surface area contributed by atoms with Crippen molar-refractivity contribution in [1.82, 2.24) is 15.0 Å². The van der Waals surface area contributed by atoms with E-state index in [0.29, 0.717) is 23.9 Å². The molecule has 0 aromatic carbocycles. The highest BCUT2D eigenvalue weighted by atomic mass is 35.5. The fourth-order valence-electron chi connectivity index (χ4n) is 2.38. The molecule has 1 aromatic rings. The lowest BCUT2D eigenvalue weighted by Gasteiger charge is -2.21. The van der Waals surface area contributed by atoms with E-state index in [1.807, 2.05) is 19.0 Å². The first-order valence-electron chi connectivity index (χ1n) is 6.41. The highest BCUT2D eigenvalue weighted by Crippen LogP contribution is 2.28. The van der Waals surface area contributed by atoms with E-state index in [1.165, 1.54) is 25.7 Å². The molecule has 0 radical (unpaired) electrons. The summed E-state index contributed by atoms with van der Waals surface area (Å²) in [5.41, 5.74) is 0. The summed E-state index contributed by atoms with van der Waals surface area (Å²) in [6, 6.07) is 0.376. The molecule has 6 heteroatoms. The molecule has 1 aliphatic carbocycles. The van der Waals surface area contributed by atoms with Crippen LogP contribution >= 0.6 is 11.6 Å². The Bertz CT molecular complexity index is 403. The molecule has 0 amide bonds. The van der Waals surface area contributed by atoms with Gasteiger partial charge in [-0.2, -0.15) is 15.0 Å². The lowest BCUT2D eigenvalue weighted by Crippen LogP contribution is -2.25. The highest BCUT2D eigenvalue weighted by molar-refractivity contribution is 6.28. The molecule has 18 heavy (non-hydrogen) atoms. The predicted octanol–water partition coefficient (Wildman–Crippen LogP) is 2.58. The molecule has 1 aromatic heterocycles. The maximum absolute atomic E-state index is 5.91. The van der Waals surface area contributed by atoms with Crippen molar-refractivity contribution in [1.29, 1.82) is 0 Å². The van der Waals surface area contributed by atoms with Gasteiger partial charge in [0.15, 0.2) is 0 Å². The number of hydrogen-bond acceptors (Lipinski definition) is 5. The zero-order chi connectivity index (χ0) is 13.1. The molecule has 5 nitrogen and oxygen atoms in total. The van der Waals surface area contributed by atoms with Crippen molar-refractivity contribution in [3.05, 3.63) is 5.28 Å². The highest BCUT2D eigenvalue weighted by Gasteiger charge is 2.22. The second-order valence-electron chi connectivity index (χ2n) is 5.10. The van der Waals surface area contributed by atoms with Crippen molar-refractivity contribution in [3.8, 4) is 0 Å². The summed E-state index contributed by atoms with van der Waals surface area (Å²) < 4.78 is 0. The van der Waals surface area contributed by atoms with E-state index in [4.69, 9.17) is 11.6 Å². The van der Waals surface area contributed by atoms with Crippen LogP contribution in [-0.2, 0) is 0 Å². The summed E-state index contributed by atoms with van der Waals surface area (Å²) in [7, 11) is 3.77. The van der Waals surface area contributed by atoms with Crippen LogP contribution in [0.5, 0.6) is 0 Å². The van der Waals surface area contributed by atoms with Gasteiger partial charge in [-0.1, -0.05) is 12.8 Å². The quantitative estimate of drug-likeness (QED) is 0.911. The van der Waals surface area contributed by atoms with Crippen molar-refractivity contribution in [3.63, 3.8) is 0 Å². The van der Waals surface area contributed by atoms with Crippen molar-refractivity contribution >= 4 is 23.5 Å². The van der Waals surface area contributed by atoms with E-state index in [1.54, 1.807) is 0 Å². The molecule has 100 valence electrons. The molecule has 0 aliphatic heterocycles. The molecular weight excluding hydrogens is 250 g/mol. The number of halogens is 1. The number of nitrogens with one attached hydrogen (secondary N) is 1. The van der Waals surface area contributed by atoms with Crippen molar-refractivity contribution in [2.45, 2.75) is 38.6 Å². The average molecular weight is 270 g/mol. The first-order chi connectivity index (χ1) is 8.56. The van der Waals surface area contributed by atoms with Crippen LogP contribution < -0.4 is 10.2 Å². The molecule has 1 N–H and O–H groups in total. The van der Waals surface area contributed by atoms with Gasteiger partial charge in [-0.15, -0.1) is 0 Å². The molecule has 0 bridgehead atoms. The second kappa shape index (κ2) is 5.69. The topological polar surface area (TPSA) is 53.9 Å². The number of hydrogen-bond donors (Lipinski definition) is 1. The smallest absolute Gasteiger partial charge is 0.230 e. The maximum atomic E-state index is 5.91. The van der Waals surface area contributed by atoms with E-state index < -0.39 is 0 Å². The first-order valence-corrected chi connectivity index (χ1v) is 6.79. The minimum absolute atomic E-state index is 0.231. The Balaban J connectivity index is 2.08. The van der Waals surface area contributed by atoms with E-state index >= 15 is 0 Å². The van der Waals surface area contributed by atoms with E-state index in [0.717, 1.165) is 0 Å². The molecule has 0 saturated heterocycles. The van der Waals surface area contributed by atoms with Gasteiger partial charge in [0, 0.05) is 20.1 Å². The van der Waals surface area contributed by atoms with Crippen LogP contribution in [0.15, 0.2) is 0 Å². The van der Waals surface area contributed by atoms with Crippen LogP contribution in [0.4, 0.5) is 11.9 Å². The summed E-state index contributed by atoms with van der Waals surface area (Å²) in [5.74, 6) is 1.86. The lowest BCUT2D eigenvalue weighted by atomic mass is 10.0. The Morgan fingerprint density at radius 2 is 1.89 bits per heavy atom. The first kappa shape index (κ1) is 13.3. The van der Waals surface area contributed by atoms with Gasteiger partial charge >= 0.3 is 0 Å². The van der Waals surface area contributed by atoms with Crippen LogP contribution in [-0.4, -0.2) is 35.1 Å². The van der Waals surface area contributed by atoms with Crippen LogP contribution in [0.2, 0.25) is 5.28 Å². The Morgan fingerprint density at radius 3 is 2.50 bits per heavy atom. The monoisotopic (exact) mass is 269 g/mol. The molecule has 1 fully saturated rings. The summed E-state index contributed by atoms with van der Waals surface area (Å²) >= 11 is 5.91. The third-order valence-corrected chi connectivity index (χ3v) is 3.63. The van der Waals surface area contributed by atoms with Crippen molar-refractivity contribution in [2.75, 3.05) is 24.3 Å². The van der Waals surface area contributed by atoms with Gasteiger partial charge in [-0.25, -0.2) is 0 Å². The van der Waals surface area contributed by atoms with Gasteiger partial charge in [-0.3, -0.25) is 0 Å². The maximum Gasteiger partial charge on any atom is 0.230 e. The van der Waals surface area contributed by atoms with Crippen LogP contribution in [0.3, 0.4) is 0 Å². The van der Waals surface area contributed by atoms with Gasteiger partial charge in [0.1, 0.15) is 0 Å². The normalized spacial score (nSPS) is 17.8. The van der Waals surface area contributed by atoms with Gasteiger partial charge in [0.2, 0.25) is 17.2 Å². The van der Waals surface area contributed by atoms with E-state index in [-0.39, 0.29) is 5.28 Å². The summed E-state index contributed by atoms with van der Waals surface area (Å²) in [5, 5.41) is 3.58. The van der Waals surface area contributed by atoms with Crippen molar-refractivity contribution < 1.29 is 0 Å². The Kier molecular flexibility index (Phi) is 4.22. The fourth-order valence-corrected chi connectivity index (χ4v) is 2.54. The van der Waals surface area contributed by atoms with Gasteiger partial charge in [-0.05, 0) is 37.3 Å². The second-order valence-corrected chi connectivity index (χ2v) is 5.44. The van der Waals surface area contributed by atoms with E-state index in [9.17, 15) is 0 Å². The summed E-state index contributed by atoms with van der Waals surface area (Å²) in [6.07, 6.45) is 5.23. The Labute approximate surface area is 113 Å². The molecule has 0 spiro atoms. The molecule has 1 aliphatic rings. The number of aromatic nitrogens is 3. The number of anilines is 2. The SMILES string of the molecule is CC(Nc1nc(Cl)nc(N(C)C)n1)C1CCCC1. The predicted molar refractivity (Wildman–Crippen MR) is 74.2 cm³/mol.